The Bertz CT molecular complexity index is 988. The first kappa shape index (κ1) is 22.4. The van der Waals surface area contributed by atoms with Gasteiger partial charge in [0, 0.05) is 19.3 Å². The summed E-state index contributed by atoms with van der Waals surface area (Å²) in [4.78, 5) is 21.2. The van der Waals surface area contributed by atoms with Crippen molar-refractivity contribution in [2.45, 2.75) is 4.90 Å². The van der Waals surface area contributed by atoms with Crippen LogP contribution in [0.3, 0.4) is 0 Å². The number of amides is 1. The highest BCUT2D eigenvalue weighted by atomic mass is 35.5. The number of halogens is 1. The third-order valence-electron chi connectivity index (χ3n) is 3.88. The van der Waals surface area contributed by atoms with Gasteiger partial charge >= 0.3 is 0 Å². The Morgan fingerprint density at radius 1 is 1.25 bits per heavy atom. The third-order valence-corrected chi connectivity index (χ3v) is 6.03. The van der Waals surface area contributed by atoms with Gasteiger partial charge in [-0.2, -0.15) is 0 Å². The summed E-state index contributed by atoms with van der Waals surface area (Å²) < 4.78 is 34.9. The zero-order valence-electron chi connectivity index (χ0n) is 15.7. The fourth-order valence-electron chi connectivity index (χ4n) is 2.44. The summed E-state index contributed by atoms with van der Waals surface area (Å²) in [7, 11) is 0.517. The molecule has 2 heterocycles. The normalized spacial score (nSPS) is 14.1. The lowest BCUT2D eigenvalue weighted by Crippen LogP contribution is -2.38. The first-order valence-corrected chi connectivity index (χ1v) is 11.0. The Balaban J connectivity index is 0.00000280. The number of hydrogen-bond donors (Lipinski definition) is 0. The molecule has 0 saturated heterocycles. The zero-order valence-corrected chi connectivity index (χ0v) is 18.2. The molecule has 0 spiro atoms. The lowest BCUT2D eigenvalue weighted by Gasteiger charge is -2.24. The van der Waals surface area contributed by atoms with E-state index in [2.05, 4.69) is 4.98 Å². The molecule has 0 N–H and O–H groups in total. The standard InChI is InChI=1S/C17H21N3O5S2.ClH/c1-19(2)6-7-20(16(21)14-11-24-8-9-25-14)17-18-13-5-4-12(27(3,22)23)10-15(13)26-17;/h4-5,10-11H,6-9H2,1-3H3;1H. The Labute approximate surface area is 174 Å². The molecule has 1 aliphatic rings. The highest BCUT2D eigenvalue weighted by Crippen LogP contribution is 2.31. The van der Waals surface area contributed by atoms with Crippen molar-refractivity contribution in [1.82, 2.24) is 9.88 Å². The molecule has 28 heavy (non-hydrogen) atoms. The van der Waals surface area contributed by atoms with Crippen molar-refractivity contribution >= 4 is 54.8 Å². The number of thiazole rings is 1. The predicted octanol–water partition coefficient (Wildman–Crippen LogP) is 1.90. The molecule has 154 valence electrons. The van der Waals surface area contributed by atoms with E-state index in [1.807, 2.05) is 19.0 Å². The number of benzene rings is 1. The van der Waals surface area contributed by atoms with E-state index >= 15 is 0 Å². The van der Waals surface area contributed by atoms with Crippen LogP contribution in [0.2, 0.25) is 0 Å². The highest BCUT2D eigenvalue weighted by Gasteiger charge is 2.26. The van der Waals surface area contributed by atoms with Gasteiger partial charge < -0.3 is 14.4 Å². The molecule has 0 atom stereocenters. The highest BCUT2D eigenvalue weighted by molar-refractivity contribution is 7.90. The number of sulfone groups is 1. The van der Waals surface area contributed by atoms with E-state index in [1.54, 1.807) is 12.1 Å². The van der Waals surface area contributed by atoms with Gasteiger partial charge in [-0.05, 0) is 32.3 Å². The average Bonchev–Trinajstić information content (AvgIpc) is 3.04. The van der Waals surface area contributed by atoms with Crippen molar-refractivity contribution in [3.63, 3.8) is 0 Å². The quantitative estimate of drug-likeness (QED) is 0.668. The van der Waals surface area contributed by atoms with Crippen molar-refractivity contribution in [3.8, 4) is 0 Å². The van der Waals surface area contributed by atoms with Crippen LogP contribution in [-0.2, 0) is 24.1 Å². The van der Waals surface area contributed by atoms with Crippen LogP contribution < -0.4 is 4.90 Å². The monoisotopic (exact) mass is 447 g/mol. The first-order valence-electron chi connectivity index (χ1n) is 8.27. The molecule has 0 bridgehead atoms. The number of likely N-dealkylation sites (N-methyl/N-ethyl adjacent to an activating group) is 1. The fraction of sp³-hybridized carbons (Fsp3) is 0.412. The molecule has 2 aromatic rings. The minimum absolute atomic E-state index is 0. The van der Waals surface area contributed by atoms with Crippen LogP contribution >= 0.6 is 23.7 Å². The second-order valence-corrected chi connectivity index (χ2v) is 9.38. The van der Waals surface area contributed by atoms with Crippen molar-refractivity contribution in [1.29, 1.82) is 0 Å². The van der Waals surface area contributed by atoms with E-state index in [1.165, 1.54) is 28.6 Å². The number of nitrogens with zero attached hydrogens (tertiary/aromatic N) is 3. The van der Waals surface area contributed by atoms with Crippen molar-refractivity contribution in [2.75, 3.05) is 51.6 Å². The number of anilines is 1. The Morgan fingerprint density at radius 3 is 2.61 bits per heavy atom. The SMILES string of the molecule is CN(C)CCN(C(=O)C1=COCCO1)c1nc2ccc(S(C)(=O)=O)cc2s1.Cl. The Morgan fingerprint density at radius 2 is 2.00 bits per heavy atom. The average molecular weight is 448 g/mol. The Hall–Kier alpha value is -1.88. The molecule has 1 aliphatic heterocycles. The van der Waals surface area contributed by atoms with E-state index in [0.717, 1.165) is 6.26 Å². The fourth-order valence-corrected chi connectivity index (χ4v) is 4.19. The molecule has 0 fully saturated rings. The molecule has 1 aromatic heterocycles. The minimum Gasteiger partial charge on any atom is -0.494 e. The first-order chi connectivity index (χ1) is 12.8. The molecular formula is C17H22ClN3O5S2. The van der Waals surface area contributed by atoms with E-state index in [9.17, 15) is 13.2 Å². The van der Waals surface area contributed by atoms with Gasteiger partial charge in [-0.15, -0.1) is 12.4 Å². The van der Waals surface area contributed by atoms with Gasteiger partial charge in [0.1, 0.15) is 19.5 Å². The van der Waals surface area contributed by atoms with E-state index < -0.39 is 9.84 Å². The maximum atomic E-state index is 12.9. The number of rotatable bonds is 6. The third kappa shape index (κ3) is 5.13. The van der Waals surface area contributed by atoms with E-state index in [4.69, 9.17) is 9.47 Å². The lowest BCUT2D eigenvalue weighted by molar-refractivity contribution is -0.119. The molecule has 0 radical (unpaired) electrons. The van der Waals surface area contributed by atoms with Crippen molar-refractivity contribution in [2.24, 2.45) is 0 Å². The van der Waals surface area contributed by atoms with Crippen LogP contribution in [0.15, 0.2) is 35.1 Å². The molecule has 0 unspecified atom stereocenters. The topological polar surface area (TPSA) is 89.0 Å². The summed E-state index contributed by atoms with van der Waals surface area (Å²) in [5, 5.41) is 0.484. The summed E-state index contributed by atoms with van der Waals surface area (Å²) in [5.41, 5.74) is 0.639. The molecule has 8 nitrogen and oxygen atoms in total. The number of fused-ring (bicyclic) bond motifs is 1. The molecule has 1 amide bonds. The van der Waals surface area contributed by atoms with Crippen molar-refractivity contribution in [3.05, 3.63) is 30.2 Å². The number of carbonyl (C=O) groups is 1. The molecule has 1 aromatic carbocycles. The van der Waals surface area contributed by atoms with Gasteiger partial charge in [-0.1, -0.05) is 11.3 Å². The summed E-state index contributed by atoms with van der Waals surface area (Å²) in [6.45, 7) is 1.76. The van der Waals surface area contributed by atoms with Crippen LogP contribution in [-0.4, -0.2) is 70.9 Å². The van der Waals surface area contributed by atoms with Gasteiger partial charge in [0.15, 0.2) is 15.0 Å². The number of aromatic nitrogens is 1. The lowest BCUT2D eigenvalue weighted by atomic mass is 10.3. The maximum absolute atomic E-state index is 12.9. The van der Waals surface area contributed by atoms with Gasteiger partial charge in [0.05, 0.1) is 15.1 Å². The van der Waals surface area contributed by atoms with Crippen LogP contribution in [0.1, 0.15) is 0 Å². The van der Waals surface area contributed by atoms with Crippen LogP contribution in [0.25, 0.3) is 10.2 Å². The van der Waals surface area contributed by atoms with E-state index in [0.29, 0.717) is 41.7 Å². The number of carbonyl (C=O) groups excluding carboxylic acids is 1. The van der Waals surface area contributed by atoms with Gasteiger partial charge in [-0.25, -0.2) is 13.4 Å². The molecule has 0 aliphatic carbocycles. The Kier molecular flexibility index (Phi) is 7.27. The molecule has 11 heteroatoms. The smallest absolute Gasteiger partial charge is 0.298 e. The number of hydrogen-bond acceptors (Lipinski definition) is 8. The summed E-state index contributed by atoms with van der Waals surface area (Å²) in [6, 6.07) is 4.76. The van der Waals surface area contributed by atoms with Crippen LogP contribution in [0, 0.1) is 0 Å². The number of ether oxygens (including phenoxy) is 2. The largest absolute Gasteiger partial charge is 0.494 e. The summed E-state index contributed by atoms with van der Waals surface area (Å²) in [5.74, 6) is -0.199. The predicted molar refractivity (Wildman–Crippen MR) is 111 cm³/mol. The summed E-state index contributed by atoms with van der Waals surface area (Å²) in [6.07, 6.45) is 2.49. The van der Waals surface area contributed by atoms with Crippen LogP contribution in [0.5, 0.6) is 0 Å². The minimum atomic E-state index is -3.31. The molecular weight excluding hydrogens is 426 g/mol. The molecule has 0 saturated carbocycles. The second kappa shape index (κ2) is 9.08. The van der Waals surface area contributed by atoms with Gasteiger partial charge in [0.2, 0.25) is 5.76 Å². The van der Waals surface area contributed by atoms with Gasteiger partial charge in [-0.3, -0.25) is 9.69 Å². The second-order valence-electron chi connectivity index (χ2n) is 6.36. The zero-order chi connectivity index (χ0) is 19.6. The maximum Gasteiger partial charge on any atom is 0.298 e. The van der Waals surface area contributed by atoms with E-state index in [-0.39, 0.29) is 29.0 Å². The molecule has 3 rings (SSSR count). The summed E-state index contributed by atoms with van der Waals surface area (Å²) >= 11 is 1.27. The van der Waals surface area contributed by atoms with Crippen LogP contribution in [0.4, 0.5) is 5.13 Å². The van der Waals surface area contributed by atoms with Crippen molar-refractivity contribution < 1.29 is 22.7 Å². The van der Waals surface area contributed by atoms with Gasteiger partial charge in [0.25, 0.3) is 5.91 Å².